The van der Waals surface area contributed by atoms with Crippen LogP contribution in [0.5, 0.6) is 0 Å². The lowest BCUT2D eigenvalue weighted by Gasteiger charge is -2.12. The van der Waals surface area contributed by atoms with E-state index in [4.69, 9.17) is 0 Å². The van der Waals surface area contributed by atoms with Crippen molar-refractivity contribution in [2.45, 2.75) is 13.3 Å². The number of benzene rings is 3. The molecule has 8 nitrogen and oxygen atoms in total. The maximum atomic E-state index is 13.0. The second kappa shape index (κ2) is 10.4. The SMILES string of the molecule is CCc1cc(C(=O)Nc2ccc(C3=NCCN3)cc2)ccc1C(=O)Nc1ccc(C2=NCCN2)cc1.[HH].[HH].[HH].[HH]. The molecule has 0 saturated carbocycles. The average molecular weight is 489 g/mol. The van der Waals surface area contributed by atoms with E-state index in [1.807, 2.05) is 55.5 Å². The summed E-state index contributed by atoms with van der Waals surface area (Å²) in [6.07, 6.45) is 0.623. The summed E-state index contributed by atoms with van der Waals surface area (Å²) in [5, 5.41) is 12.4. The molecule has 0 saturated heterocycles. The lowest BCUT2D eigenvalue weighted by atomic mass is 10.0. The van der Waals surface area contributed by atoms with Crippen molar-refractivity contribution >= 4 is 34.9 Å². The molecule has 190 valence electrons. The molecule has 3 aromatic carbocycles. The lowest BCUT2D eigenvalue weighted by molar-refractivity contribution is 0.101. The number of aliphatic imine (C=N–C) groups is 2. The Morgan fingerprint density at radius 2 is 1.31 bits per heavy atom. The number of amidine groups is 2. The van der Waals surface area contributed by atoms with Gasteiger partial charge in [0.15, 0.2) is 0 Å². The Balaban J connectivity index is 0.00000200. The van der Waals surface area contributed by atoms with E-state index in [-0.39, 0.29) is 17.5 Å². The van der Waals surface area contributed by atoms with Crippen LogP contribution in [0.4, 0.5) is 11.4 Å². The number of anilines is 2. The predicted octanol–water partition coefficient (Wildman–Crippen LogP) is 4.44. The van der Waals surface area contributed by atoms with Gasteiger partial charge in [0.1, 0.15) is 11.7 Å². The van der Waals surface area contributed by atoms with Gasteiger partial charge in [0.2, 0.25) is 0 Å². The Labute approximate surface area is 215 Å². The molecule has 3 aromatic rings. The molecule has 8 heteroatoms. The molecule has 0 radical (unpaired) electrons. The van der Waals surface area contributed by atoms with Crippen molar-refractivity contribution in [2.75, 3.05) is 36.8 Å². The van der Waals surface area contributed by atoms with E-state index in [0.717, 1.165) is 54.5 Å². The van der Waals surface area contributed by atoms with Crippen LogP contribution in [-0.4, -0.2) is 49.7 Å². The summed E-state index contributed by atoms with van der Waals surface area (Å²) in [6.45, 7) is 5.23. The number of carbonyl (C=O) groups is 2. The van der Waals surface area contributed by atoms with Crippen LogP contribution in [0, 0.1) is 0 Å². The molecule has 0 aromatic heterocycles. The summed E-state index contributed by atoms with van der Waals surface area (Å²) in [6, 6.07) is 20.4. The Kier molecular flexibility index (Phi) is 6.75. The van der Waals surface area contributed by atoms with Crippen molar-refractivity contribution in [3.63, 3.8) is 0 Å². The van der Waals surface area contributed by atoms with Crippen LogP contribution in [0.1, 0.15) is 50.0 Å². The number of nitrogens with zero attached hydrogens (tertiary/aromatic N) is 2. The van der Waals surface area contributed by atoms with E-state index >= 15 is 0 Å². The number of nitrogens with one attached hydrogen (secondary N) is 4. The number of carbonyl (C=O) groups excluding carboxylic acids is 2. The highest BCUT2D eigenvalue weighted by molar-refractivity contribution is 6.08. The molecule has 0 bridgehead atoms. The Morgan fingerprint density at radius 1 is 0.778 bits per heavy atom. The van der Waals surface area contributed by atoms with Gasteiger partial charge in [-0.3, -0.25) is 19.6 Å². The van der Waals surface area contributed by atoms with Gasteiger partial charge in [-0.2, -0.15) is 0 Å². The first kappa shape index (κ1) is 23.3. The fourth-order valence-corrected chi connectivity index (χ4v) is 4.26. The molecule has 2 aliphatic rings. The molecule has 4 N–H and O–H groups in total. The Morgan fingerprint density at radius 3 is 1.78 bits per heavy atom. The summed E-state index contributed by atoms with van der Waals surface area (Å²) in [5.74, 6) is 1.33. The van der Waals surface area contributed by atoms with Crippen molar-refractivity contribution in [1.82, 2.24) is 10.6 Å². The van der Waals surface area contributed by atoms with Gasteiger partial charge in [0.25, 0.3) is 11.8 Å². The first-order valence-corrected chi connectivity index (χ1v) is 12.1. The molecule has 36 heavy (non-hydrogen) atoms. The molecule has 2 amide bonds. The van der Waals surface area contributed by atoms with E-state index < -0.39 is 0 Å². The zero-order chi connectivity index (χ0) is 24.9. The fraction of sp³-hybridized carbons (Fsp3) is 0.214. The lowest BCUT2D eigenvalue weighted by Crippen LogP contribution is -2.20. The maximum absolute atomic E-state index is 13.0. The van der Waals surface area contributed by atoms with Gasteiger partial charge in [0, 0.05) is 52.4 Å². The summed E-state index contributed by atoms with van der Waals surface area (Å²) >= 11 is 0. The van der Waals surface area contributed by atoms with Crippen LogP contribution in [0.15, 0.2) is 76.7 Å². The van der Waals surface area contributed by atoms with Crippen LogP contribution in [0.25, 0.3) is 0 Å². The summed E-state index contributed by atoms with van der Waals surface area (Å²) < 4.78 is 0. The largest absolute Gasteiger partial charge is 0.368 e. The van der Waals surface area contributed by atoms with E-state index in [0.29, 0.717) is 28.9 Å². The number of rotatable bonds is 7. The minimum atomic E-state index is -0.222. The van der Waals surface area contributed by atoms with Crippen molar-refractivity contribution in [3.8, 4) is 0 Å². The van der Waals surface area contributed by atoms with Crippen LogP contribution in [0.2, 0.25) is 0 Å². The van der Waals surface area contributed by atoms with Gasteiger partial charge in [-0.15, -0.1) is 0 Å². The number of aryl methyl sites for hydroxylation is 1. The smallest absolute Gasteiger partial charge is 0.255 e. The van der Waals surface area contributed by atoms with Gasteiger partial charge >= 0.3 is 0 Å². The second-order valence-electron chi connectivity index (χ2n) is 8.60. The zero-order valence-corrected chi connectivity index (χ0v) is 20.1. The predicted molar refractivity (Wildman–Crippen MR) is 152 cm³/mol. The second-order valence-corrected chi connectivity index (χ2v) is 8.60. The molecule has 0 aliphatic carbocycles. The van der Waals surface area contributed by atoms with Gasteiger partial charge in [0.05, 0.1) is 13.1 Å². The summed E-state index contributed by atoms with van der Waals surface area (Å²) in [7, 11) is 0. The molecule has 0 fully saturated rings. The molecule has 0 spiro atoms. The molecule has 5 rings (SSSR count). The van der Waals surface area contributed by atoms with Gasteiger partial charge < -0.3 is 21.3 Å². The van der Waals surface area contributed by atoms with E-state index in [2.05, 4.69) is 31.3 Å². The van der Waals surface area contributed by atoms with Crippen molar-refractivity contribution < 1.29 is 15.3 Å². The average Bonchev–Trinajstić information content (AvgIpc) is 3.64. The van der Waals surface area contributed by atoms with E-state index in [1.54, 1.807) is 18.2 Å². The summed E-state index contributed by atoms with van der Waals surface area (Å²) in [5.41, 5.74) is 5.25. The number of amides is 2. The van der Waals surface area contributed by atoms with Crippen LogP contribution < -0.4 is 21.3 Å². The van der Waals surface area contributed by atoms with Crippen LogP contribution >= 0.6 is 0 Å². The Bertz CT molecular complexity index is 1360. The van der Waals surface area contributed by atoms with Crippen molar-refractivity contribution in [3.05, 3.63) is 94.5 Å². The monoisotopic (exact) mass is 488 g/mol. The molecular weight excluding hydrogens is 452 g/mol. The standard InChI is InChI=1S/C28H28N6O2.4H2/c1-2-18-17-21(27(35)33-22-8-3-19(4-9-22)25-29-13-14-30-25)7-12-24(18)28(36)34-23-10-5-20(6-11-23)26-31-15-16-32-26;;;;/h3-12,17H,2,13-16H2,1H3,(H,29,30)(H,31,32)(H,33,35)(H,34,36);4*1H. The molecule has 2 heterocycles. The van der Waals surface area contributed by atoms with Gasteiger partial charge in [-0.1, -0.05) is 6.92 Å². The quantitative estimate of drug-likeness (QED) is 0.394. The van der Waals surface area contributed by atoms with E-state index in [9.17, 15) is 9.59 Å². The van der Waals surface area contributed by atoms with Crippen LogP contribution in [-0.2, 0) is 6.42 Å². The number of hydrogen-bond donors (Lipinski definition) is 4. The third-order valence-corrected chi connectivity index (χ3v) is 6.17. The molecule has 0 unspecified atom stereocenters. The highest BCUT2D eigenvalue weighted by atomic mass is 16.2. The number of hydrogen-bond acceptors (Lipinski definition) is 6. The van der Waals surface area contributed by atoms with Crippen molar-refractivity contribution in [1.29, 1.82) is 0 Å². The molecule has 0 atom stereocenters. The topological polar surface area (TPSA) is 107 Å². The minimum absolute atomic E-state index is 0. The van der Waals surface area contributed by atoms with Gasteiger partial charge in [-0.25, -0.2) is 0 Å². The highest BCUT2D eigenvalue weighted by Crippen LogP contribution is 2.19. The molecular formula is C28H36N6O2. The fourth-order valence-electron chi connectivity index (χ4n) is 4.26. The van der Waals surface area contributed by atoms with E-state index in [1.165, 1.54) is 0 Å². The van der Waals surface area contributed by atoms with Crippen LogP contribution in [0.3, 0.4) is 0 Å². The zero-order valence-electron chi connectivity index (χ0n) is 20.1. The first-order valence-electron chi connectivity index (χ1n) is 12.1. The maximum Gasteiger partial charge on any atom is 0.255 e. The molecule has 2 aliphatic heterocycles. The third-order valence-electron chi connectivity index (χ3n) is 6.17. The minimum Gasteiger partial charge on any atom is -0.368 e. The third kappa shape index (κ3) is 5.12. The highest BCUT2D eigenvalue weighted by Gasteiger charge is 2.16. The summed E-state index contributed by atoms with van der Waals surface area (Å²) in [4.78, 5) is 34.7. The normalized spacial score (nSPS) is 14.4. The van der Waals surface area contributed by atoms with Gasteiger partial charge in [-0.05, 0) is 78.7 Å². The Hall–Kier alpha value is -4.46. The van der Waals surface area contributed by atoms with Crippen molar-refractivity contribution in [2.24, 2.45) is 9.98 Å². The first-order chi connectivity index (χ1) is 17.6.